The van der Waals surface area contributed by atoms with Crippen molar-refractivity contribution in [2.45, 2.75) is 11.9 Å². The molecule has 15 heavy (non-hydrogen) atoms. The van der Waals surface area contributed by atoms with Crippen molar-refractivity contribution in [3.8, 4) is 0 Å². The van der Waals surface area contributed by atoms with E-state index in [4.69, 9.17) is 0 Å². The van der Waals surface area contributed by atoms with Crippen LogP contribution in [0.2, 0.25) is 0 Å². The first kappa shape index (κ1) is 10.8. The standard InChI is InChI=1S/C10H7Br2NO2/c1-5(14)13-8-3-2-6(11)4-7(8)9(15)10(13)12/h2-4,10H,1H3. The van der Waals surface area contributed by atoms with Gasteiger partial charge in [-0.15, -0.1) is 0 Å². The summed E-state index contributed by atoms with van der Waals surface area (Å²) in [5, 5.41) is 0. The molecular weight excluding hydrogens is 326 g/mol. The van der Waals surface area contributed by atoms with Crippen LogP contribution in [-0.2, 0) is 4.79 Å². The predicted molar refractivity (Wildman–Crippen MR) is 64.3 cm³/mol. The molecule has 1 atom stereocenters. The van der Waals surface area contributed by atoms with Gasteiger partial charge >= 0.3 is 0 Å². The van der Waals surface area contributed by atoms with Crippen LogP contribution in [0.5, 0.6) is 0 Å². The summed E-state index contributed by atoms with van der Waals surface area (Å²) in [4.78, 5) is 24.1. The van der Waals surface area contributed by atoms with Crippen molar-refractivity contribution < 1.29 is 9.59 Å². The van der Waals surface area contributed by atoms with E-state index < -0.39 is 4.95 Å². The molecule has 0 bridgehead atoms. The minimum absolute atomic E-state index is 0.0819. The molecule has 0 radical (unpaired) electrons. The lowest BCUT2D eigenvalue weighted by molar-refractivity contribution is -0.116. The van der Waals surface area contributed by atoms with Gasteiger partial charge in [0.05, 0.1) is 5.69 Å². The number of amides is 1. The second-order valence-electron chi connectivity index (χ2n) is 3.25. The van der Waals surface area contributed by atoms with Crippen molar-refractivity contribution in [1.29, 1.82) is 0 Å². The maximum Gasteiger partial charge on any atom is 0.225 e. The van der Waals surface area contributed by atoms with Gasteiger partial charge in [0, 0.05) is 17.0 Å². The molecule has 3 nitrogen and oxygen atoms in total. The molecule has 0 aliphatic carbocycles. The highest BCUT2D eigenvalue weighted by atomic mass is 79.9. The van der Waals surface area contributed by atoms with Gasteiger partial charge in [-0.3, -0.25) is 14.5 Å². The Bertz CT molecular complexity index is 459. The van der Waals surface area contributed by atoms with E-state index in [-0.39, 0.29) is 11.7 Å². The lowest BCUT2D eigenvalue weighted by Gasteiger charge is -2.17. The van der Waals surface area contributed by atoms with Crippen LogP contribution in [0, 0.1) is 0 Å². The maximum absolute atomic E-state index is 11.8. The molecule has 1 aliphatic heterocycles. The number of anilines is 1. The normalized spacial score (nSPS) is 19.3. The largest absolute Gasteiger partial charge is 0.291 e. The number of rotatable bonds is 0. The molecule has 0 spiro atoms. The third kappa shape index (κ3) is 1.63. The number of Topliss-reactive ketones (excluding diaryl/α,β-unsaturated/α-hetero) is 1. The fourth-order valence-corrected chi connectivity index (χ4v) is 2.73. The molecule has 1 aromatic carbocycles. The molecule has 1 aromatic rings. The van der Waals surface area contributed by atoms with E-state index in [9.17, 15) is 9.59 Å². The second kappa shape index (κ2) is 3.72. The summed E-state index contributed by atoms with van der Waals surface area (Å²) in [5.74, 6) is -0.229. The lowest BCUT2D eigenvalue weighted by Crippen LogP contribution is -2.34. The number of carbonyl (C=O) groups is 2. The quantitative estimate of drug-likeness (QED) is 0.541. The van der Waals surface area contributed by atoms with Crippen LogP contribution in [0.1, 0.15) is 17.3 Å². The van der Waals surface area contributed by atoms with Gasteiger partial charge in [0.1, 0.15) is 0 Å². The van der Waals surface area contributed by atoms with E-state index in [1.807, 2.05) is 6.07 Å². The van der Waals surface area contributed by atoms with Gasteiger partial charge in [0.15, 0.2) is 10.7 Å². The molecule has 0 N–H and O–H groups in total. The highest BCUT2D eigenvalue weighted by Gasteiger charge is 2.37. The monoisotopic (exact) mass is 331 g/mol. The van der Waals surface area contributed by atoms with E-state index >= 15 is 0 Å². The Morgan fingerprint density at radius 1 is 1.47 bits per heavy atom. The zero-order valence-corrected chi connectivity index (χ0v) is 11.0. The Labute approximate surface area is 104 Å². The van der Waals surface area contributed by atoms with Crippen LogP contribution in [0.3, 0.4) is 0 Å². The third-order valence-corrected chi connectivity index (χ3v) is 3.58. The fraction of sp³-hybridized carbons (Fsp3) is 0.200. The van der Waals surface area contributed by atoms with Crippen LogP contribution >= 0.6 is 31.9 Å². The van der Waals surface area contributed by atoms with Gasteiger partial charge in [-0.25, -0.2) is 0 Å². The summed E-state index contributed by atoms with van der Waals surface area (Å²) in [6.45, 7) is 1.44. The molecule has 0 aromatic heterocycles. The summed E-state index contributed by atoms with van der Waals surface area (Å²) in [5.41, 5.74) is 1.24. The second-order valence-corrected chi connectivity index (χ2v) is 5.03. The number of ketones is 1. The molecule has 0 fully saturated rings. The predicted octanol–water partition coefficient (Wildman–Crippen LogP) is 2.72. The van der Waals surface area contributed by atoms with E-state index in [1.165, 1.54) is 11.8 Å². The topological polar surface area (TPSA) is 37.4 Å². The van der Waals surface area contributed by atoms with Crippen LogP contribution in [-0.4, -0.2) is 16.6 Å². The van der Waals surface area contributed by atoms with Crippen LogP contribution in [0.15, 0.2) is 22.7 Å². The first-order valence-electron chi connectivity index (χ1n) is 4.30. The van der Waals surface area contributed by atoms with Gasteiger partial charge < -0.3 is 0 Å². The zero-order valence-electron chi connectivity index (χ0n) is 7.83. The number of carbonyl (C=O) groups excluding carboxylic acids is 2. The summed E-state index contributed by atoms with van der Waals surface area (Å²) in [6, 6.07) is 5.31. The first-order valence-corrected chi connectivity index (χ1v) is 6.01. The average Bonchev–Trinajstić information content (AvgIpc) is 2.41. The van der Waals surface area contributed by atoms with Gasteiger partial charge in [-0.1, -0.05) is 31.9 Å². The number of halogens is 2. The van der Waals surface area contributed by atoms with Crippen LogP contribution in [0.25, 0.3) is 0 Å². The Kier molecular flexibility index (Phi) is 2.68. The van der Waals surface area contributed by atoms with Gasteiger partial charge in [-0.05, 0) is 18.2 Å². The number of hydrogen-bond acceptors (Lipinski definition) is 2. The Morgan fingerprint density at radius 3 is 2.73 bits per heavy atom. The van der Waals surface area contributed by atoms with Crippen molar-refractivity contribution in [2.75, 3.05) is 4.90 Å². The SMILES string of the molecule is CC(=O)N1c2ccc(Br)cc2C(=O)C1Br. The molecule has 1 aliphatic rings. The summed E-state index contributed by atoms with van der Waals surface area (Å²) in [7, 11) is 0. The molecule has 0 saturated carbocycles. The fourth-order valence-electron chi connectivity index (χ4n) is 1.61. The molecule has 0 saturated heterocycles. The van der Waals surface area contributed by atoms with Crippen LogP contribution < -0.4 is 4.90 Å². The number of hydrogen-bond donors (Lipinski definition) is 0. The van der Waals surface area contributed by atoms with Gasteiger partial charge in [0.2, 0.25) is 5.91 Å². The Hall–Kier alpha value is -0.680. The molecule has 78 valence electrons. The zero-order chi connectivity index (χ0) is 11.2. The molecule has 1 amide bonds. The average molecular weight is 333 g/mol. The van der Waals surface area contributed by atoms with Gasteiger partial charge in [0.25, 0.3) is 0 Å². The molecule has 2 rings (SSSR count). The van der Waals surface area contributed by atoms with E-state index in [1.54, 1.807) is 12.1 Å². The van der Waals surface area contributed by atoms with Crippen LogP contribution in [0.4, 0.5) is 5.69 Å². The lowest BCUT2D eigenvalue weighted by atomic mass is 10.1. The van der Waals surface area contributed by atoms with Crippen molar-refractivity contribution >= 4 is 49.2 Å². The third-order valence-electron chi connectivity index (χ3n) is 2.27. The van der Waals surface area contributed by atoms with Crippen molar-refractivity contribution in [1.82, 2.24) is 0 Å². The van der Waals surface area contributed by atoms with Crippen molar-refractivity contribution in [2.24, 2.45) is 0 Å². The number of benzene rings is 1. The van der Waals surface area contributed by atoms with Gasteiger partial charge in [-0.2, -0.15) is 0 Å². The smallest absolute Gasteiger partial charge is 0.225 e. The molecule has 5 heteroatoms. The summed E-state index contributed by atoms with van der Waals surface area (Å²) < 4.78 is 0.833. The minimum Gasteiger partial charge on any atom is -0.291 e. The van der Waals surface area contributed by atoms with E-state index in [0.717, 1.165) is 4.47 Å². The number of fused-ring (bicyclic) bond motifs is 1. The highest BCUT2D eigenvalue weighted by molar-refractivity contribution is 9.10. The minimum atomic E-state index is -0.570. The maximum atomic E-state index is 11.8. The Balaban J connectivity index is 2.60. The Morgan fingerprint density at radius 2 is 2.13 bits per heavy atom. The summed E-state index contributed by atoms with van der Waals surface area (Å²) >= 11 is 6.51. The van der Waals surface area contributed by atoms with Crippen molar-refractivity contribution in [3.63, 3.8) is 0 Å². The number of nitrogens with zero attached hydrogens (tertiary/aromatic N) is 1. The van der Waals surface area contributed by atoms with E-state index in [2.05, 4.69) is 31.9 Å². The van der Waals surface area contributed by atoms with E-state index in [0.29, 0.717) is 11.3 Å². The molecule has 1 heterocycles. The summed E-state index contributed by atoms with van der Waals surface area (Å²) in [6.07, 6.45) is 0. The molecular formula is C10H7Br2NO2. The van der Waals surface area contributed by atoms with Crippen molar-refractivity contribution in [3.05, 3.63) is 28.2 Å². The highest BCUT2D eigenvalue weighted by Crippen LogP contribution is 2.36. The number of alkyl halides is 1. The first-order chi connectivity index (χ1) is 7.02. The molecule has 1 unspecified atom stereocenters.